The summed E-state index contributed by atoms with van der Waals surface area (Å²) in [5.41, 5.74) is 1.13. The third-order valence-electron chi connectivity index (χ3n) is 2.88. The fourth-order valence-corrected chi connectivity index (χ4v) is 2.29. The van der Waals surface area contributed by atoms with Crippen LogP contribution in [0.15, 0.2) is 42.5 Å². The van der Waals surface area contributed by atoms with Gasteiger partial charge in [0.25, 0.3) is 0 Å². The number of methoxy groups -OCH3 is 1. The molecular weight excluding hydrogens is 370 g/mol. The quantitative estimate of drug-likeness (QED) is 0.514. The largest absolute Gasteiger partial charge is 0.496 e. The van der Waals surface area contributed by atoms with Crippen molar-refractivity contribution in [3.63, 3.8) is 0 Å². The van der Waals surface area contributed by atoms with Gasteiger partial charge in [-0.25, -0.2) is 4.39 Å². The van der Waals surface area contributed by atoms with E-state index in [9.17, 15) is 4.39 Å². The first-order chi connectivity index (χ1) is 9.72. The first-order valence-electron chi connectivity index (χ1n) is 6.39. The van der Waals surface area contributed by atoms with Crippen molar-refractivity contribution in [2.24, 2.45) is 0 Å². The normalized spacial score (nSPS) is 10.3. The number of rotatable bonds is 6. The Hall–Kier alpha value is -1.30. The number of benzene rings is 2. The third-order valence-corrected chi connectivity index (χ3v) is 3.64. The van der Waals surface area contributed by atoms with Crippen LogP contribution in [0.5, 0.6) is 17.2 Å². The second-order valence-corrected chi connectivity index (χ2v) is 5.40. The molecule has 4 heteroatoms. The number of halogens is 2. The van der Waals surface area contributed by atoms with Gasteiger partial charge in [-0.1, -0.05) is 22.6 Å². The minimum atomic E-state index is -0.269. The van der Waals surface area contributed by atoms with E-state index in [1.807, 2.05) is 18.2 Å². The van der Waals surface area contributed by atoms with E-state index in [0.717, 1.165) is 34.3 Å². The maximum absolute atomic E-state index is 12.9. The van der Waals surface area contributed by atoms with Gasteiger partial charge in [-0.15, -0.1) is 0 Å². The highest BCUT2D eigenvalue weighted by atomic mass is 127. The van der Waals surface area contributed by atoms with E-state index in [2.05, 4.69) is 22.6 Å². The molecule has 0 N–H and O–H groups in total. The monoisotopic (exact) mass is 386 g/mol. The molecule has 0 bridgehead atoms. The molecule has 2 aromatic rings. The Morgan fingerprint density at radius 2 is 1.75 bits per heavy atom. The molecule has 0 saturated carbocycles. The fraction of sp³-hybridized carbons (Fsp3) is 0.250. The molecule has 2 nitrogen and oxygen atoms in total. The average molecular weight is 386 g/mol. The average Bonchev–Trinajstić information content (AvgIpc) is 2.47. The Balaban J connectivity index is 2.17. The molecule has 2 aromatic carbocycles. The van der Waals surface area contributed by atoms with Gasteiger partial charge in [-0.3, -0.25) is 0 Å². The summed E-state index contributed by atoms with van der Waals surface area (Å²) in [4.78, 5) is 0. The number of alkyl halides is 1. The summed E-state index contributed by atoms with van der Waals surface area (Å²) in [6, 6.07) is 11.7. The first kappa shape index (κ1) is 15.1. The van der Waals surface area contributed by atoms with Gasteiger partial charge < -0.3 is 9.47 Å². The van der Waals surface area contributed by atoms with Gasteiger partial charge in [0, 0.05) is 0 Å². The van der Waals surface area contributed by atoms with Crippen molar-refractivity contribution in [2.75, 3.05) is 11.5 Å². The summed E-state index contributed by atoms with van der Waals surface area (Å²) in [5.74, 6) is 1.97. The van der Waals surface area contributed by atoms with Gasteiger partial charge in [0.1, 0.15) is 23.1 Å². The zero-order chi connectivity index (χ0) is 14.4. The van der Waals surface area contributed by atoms with Crippen LogP contribution >= 0.6 is 22.6 Å². The van der Waals surface area contributed by atoms with Crippen LogP contribution in [0.3, 0.4) is 0 Å². The van der Waals surface area contributed by atoms with Crippen LogP contribution in [0, 0.1) is 5.82 Å². The van der Waals surface area contributed by atoms with Crippen LogP contribution in [0.4, 0.5) is 4.39 Å². The Bertz CT molecular complexity index is 555. The second kappa shape index (κ2) is 7.47. The molecule has 0 aromatic heterocycles. The third kappa shape index (κ3) is 4.10. The number of ether oxygens (including phenoxy) is 2. The van der Waals surface area contributed by atoms with Gasteiger partial charge in [0.15, 0.2) is 0 Å². The summed E-state index contributed by atoms with van der Waals surface area (Å²) >= 11 is 2.36. The molecule has 20 heavy (non-hydrogen) atoms. The summed E-state index contributed by atoms with van der Waals surface area (Å²) in [7, 11) is 1.67. The van der Waals surface area contributed by atoms with Gasteiger partial charge in [-0.2, -0.15) is 0 Å². The van der Waals surface area contributed by atoms with Crippen LogP contribution in [-0.2, 0) is 6.42 Å². The smallest absolute Gasteiger partial charge is 0.127 e. The number of hydrogen-bond acceptors (Lipinski definition) is 2. The fourth-order valence-electron chi connectivity index (χ4n) is 1.91. The molecule has 0 aliphatic heterocycles. The molecule has 0 unspecified atom stereocenters. The molecule has 0 aliphatic rings. The molecule has 0 spiro atoms. The van der Waals surface area contributed by atoms with E-state index < -0.39 is 0 Å². The molecule has 0 atom stereocenters. The number of hydrogen-bond donors (Lipinski definition) is 0. The Labute approximate surface area is 132 Å². The lowest BCUT2D eigenvalue weighted by Gasteiger charge is -2.11. The number of aryl methyl sites for hydroxylation is 1. The predicted molar refractivity (Wildman–Crippen MR) is 86.7 cm³/mol. The molecule has 2 rings (SSSR count). The van der Waals surface area contributed by atoms with Gasteiger partial charge in [-0.05, 0) is 65.3 Å². The van der Waals surface area contributed by atoms with Crippen LogP contribution in [-0.4, -0.2) is 11.5 Å². The molecule has 106 valence electrons. The molecule has 0 radical (unpaired) electrons. The molecule has 0 saturated heterocycles. The van der Waals surface area contributed by atoms with Crippen LogP contribution < -0.4 is 9.47 Å². The highest BCUT2D eigenvalue weighted by Gasteiger charge is 2.06. The zero-order valence-electron chi connectivity index (χ0n) is 11.2. The van der Waals surface area contributed by atoms with Crippen molar-refractivity contribution in [1.29, 1.82) is 0 Å². The minimum absolute atomic E-state index is 0.269. The highest BCUT2D eigenvalue weighted by Crippen LogP contribution is 2.28. The van der Waals surface area contributed by atoms with Crippen LogP contribution in [0.1, 0.15) is 12.0 Å². The van der Waals surface area contributed by atoms with Gasteiger partial charge >= 0.3 is 0 Å². The first-order valence-corrected chi connectivity index (χ1v) is 7.92. The van der Waals surface area contributed by atoms with Crippen LogP contribution in [0.25, 0.3) is 0 Å². The lowest BCUT2D eigenvalue weighted by atomic mass is 10.1. The summed E-state index contributed by atoms with van der Waals surface area (Å²) in [5, 5.41) is 0. The summed E-state index contributed by atoms with van der Waals surface area (Å²) in [6.45, 7) is 0. The Morgan fingerprint density at radius 3 is 2.40 bits per heavy atom. The zero-order valence-corrected chi connectivity index (χ0v) is 13.4. The lowest BCUT2D eigenvalue weighted by Crippen LogP contribution is -1.94. The van der Waals surface area contributed by atoms with Gasteiger partial charge in [0.05, 0.1) is 7.11 Å². The van der Waals surface area contributed by atoms with Gasteiger partial charge in [0.2, 0.25) is 0 Å². The Morgan fingerprint density at radius 1 is 1.05 bits per heavy atom. The molecule has 0 heterocycles. The van der Waals surface area contributed by atoms with E-state index >= 15 is 0 Å². The second-order valence-electron chi connectivity index (χ2n) is 4.32. The Kier molecular flexibility index (Phi) is 5.64. The summed E-state index contributed by atoms with van der Waals surface area (Å²) < 4.78 is 25.0. The maximum atomic E-state index is 12.9. The maximum Gasteiger partial charge on any atom is 0.127 e. The van der Waals surface area contributed by atoms with Crippen molar-refractivity contribution in [3.8, 4) is 17.2 Å². The van der Waals surface area contributed by atoms with E-state index in [1.54, 1.807) is 19.2 Å². The van der Waals surface area contributed by atoms with Crippen LogP contribution in [0.2, 0.25) is 0 Å². The van der Waals surface area contributed by atoms with Crippen molar-refractivity contribution in [1.82, 2.24) is 0 Å². The predicted octanol–water partition coefficient (Wildman–Crippen LogP) is 4.99. The topological polar surface area (TPSA) is 18.5 Å². The lowest BCUT2D eigenvalue weighted by molar-refractivity contribution is 0.407. The molecular formula is C16H16FIO2. The summed E-state index contributed by atoms with van der Waals surface area (Å²) in [6.07, 6.45) is 2.05. The standard InChI is InChI=1S/C16H16FIO2/c1-19-16-9-8-15(11-12(16)3-2-10-18)20-14-6-4-13(17)5-7-14/h4-9,11H,2-3,10H2,1H3. The van der Waals surface area contributed by atoms with Crippen molar-refractivity contribution in [2.45, 2.75) is 12.8 Å². The van der Waals surface area contributed by atoms with Crippen molar-refractivity contribution in [3.05, 3.63) is 53.8 Å². The molecule has 0 amide bonds. The van der Waals surface area contributed by atoms with Crippen molar-refractivity contribution >= 4 is 22.6 Å². The molecule has 0 fully saturated rings. The minimum Gasteiger partial charge on any atom is -0.496 e. The van der Waals surface area contributed by atoms with E-state index in [4.69, 9.17) is 9.47 Å². The van der Waals surface area contributed by atoms with Crippen molar-refractivity contribution < 1.29 is 13.9 Å². The van der Waals surface area contributed by atoms with E-state index in [0.29, 0.717) is 5.75 Å². The van der Waals surface area contributed by atoms with E-state index in [-0.39, 0.29) is 5.82 Å². The molecule has 0 aliphatic carbocycles. The highest BCUT2D eigenvalue weighted by molar-refractivity contribution is 14.1. The van der Waals surface area contributed by atoms with E-state index in [1.165, 1.54) is 12.1 Å². The SMILES string of the molecule is COc1ccc(Oc2ccc(F)cc2)cc1CCCI.